The second-order valence-corrected chi connectivity index (χ2v) is 10.9. The molecule has 0 aliphatic heterocycles. The van der Waals surface area contributed by atoms with Crippen molar-refractivity contribution in [1.82, 2.24) is 18.8 Å². The van der Waals surface area contributed by atoms with E-state index in [1.165, 1.54) is 16.1 Å². The topological polar surface area (TPSA) is 84.7 Å². The van der Waals surface area contributed by atoms with Gasteiger partial charge in [0, 0.05) is 32.9 Å². The summed E-state index contributed by atoms with van der Waals surface area (Å²) in [5, 5.41) is 0.239. The van der Waals surface area contributed by atoms with Crippen LogP contribution in [0.5, 0.6) is 5.75 Å². The lowest BCUT2D eigenvalue weighted by Crippen LogP contribution is -2.30. The van der Waals surface area contributed by atoms with Gasteiger partial charge in [0.25, 0.3) is 0 Å². The fraction of sp³-hybridized carbons (Fsp3) is 0.391. The lowest BCUT2D eigenvalue weighted by atomic mass is 10.2. The van der Waals surface area contributed by atoms with Crippen molar-refractivity contribution in [2.75, 3.05) is 34.3 Å². The van der Waals surface area contributed by atoms with Crippen LogP contribution in [0.4, 0.5) is 0 Å². The minimum atomic E-state index is -3.62. The van der Waals surface area contributed by atoms with E-state index in [4.69, 9.17) is 9.72 Å². The number of thioether (sulfide) groups is 1. The van der Waals surface area contributed by atoms with Gasteiger partial charge in [-0.3, -0.25) is 9.36 Å². The molecule has 0 saturated heterocycles. The zero-order valence-electron chi connectivity index (χ0n) is 19.8. The van der Waals surface area contributed by atoms with E-state index < -0.39 is 10.0 Å². The molecule has 33 heavy (non-hydrogen) atoms. The Kier molecular flexibility index (Phi) is 7.71. The molecule has 0 spiro atoms. The summed E-state index contributed by atoms with van der Waals surface area (Å²) < 4.78 is 34.7. The molecule has 2 aromatic carbocycles. The summed E-state index contributed by atoms with van der Waals surface area (Å²) in [5.41, 5.74) is 2.14. The Labute approximate surface area is 199 Å². The summed E-state index contributed by atoms with van der Waals surface area (Å²) in [7, 11) is 1.43. The normalized spacial score (nSPS) is 12.8. The molecule has 178 valence electrons. The van der Waals surface area contributed by atoms with Crippen LogP contribution >= 0.6 is 11.8 Å². The van der Waals surface area contributed by atoms with Gasteiger partial charge in [0.1, 0.15) is 5.75 Å². The van der Waals surface area contributed by atoms with Crippen molar-refractivity contribution in [1.29, 1.82) is 0 Å². The number of hydrogen-bond donors (Lipinski definition) is 0. The molecule has 1 atom stereocenters. The standard InChI is InChI=1S/C23H30N4O4S2/c1-7-26(8-2)33(29,30)19-13-14-21-20(15-19)24-23(32-16(3)22(28)25(4)5)27(21)17-9-11-18(31-6)12-10-17/h9-16H,7-8H2,1-6H3. The monoisotopic (exact) mass is 490 g/mol. The average Bonchev–Trinajstić information content (AvgIpc) is 3.15. The third-order valence-corrected chi connectivity index (χ3v) is 8.43. The molecule has 8 nitrogen and oxygen atoms in total. The SMILES string of the molecule is CCN(CC)S(=O)(=O)c1ccc2c(c1)nc(SC(C)C(=O)N(C)C)n2-c1ccc(OC)cc1. The molecule has 0 aliphatic rings. The van der Waals surface area contributed by atoms with E-state index in [1.54, 1.807) is 44.3 Å². The molecule has 0 aliphatic carbocycles. The van der Waals surface area contributed by atoms with Crippen LogP contribution in [0.2, 0.25) is 0 Å². The lowest BCUT2D eigenvalue weighted by Gasteiger charge is -2.18. The number of hydrogen-bond acceptors (Lipinski definition) is 6. The summed E-state index contributed by atoms with van der Waals surface area (Å²) in [5.74, 6) is 0.694. The molecular weight excluding hydrogens is 460 g/mol. The molecule has 0 N–H and O–H groups in total. The Morgan fingerprint density at radius 1 is 1.12 bits per heavy atom. The average molecular weight is 491 g/mol. The third kappa shape index (κ3) is 5.02. The van der Waals surface area contributed by atoms with Crippen molar-refractivity contribution in [2.45, 2.75) is 36.1 Å². The van der Waals surface area contributed by atoms with Crippen LogP contribution < -0.4 is 4.74 Å². The second kappa shape index (κ2) is 10.1. The molecule has 0 saturated carbocycles. The Hall–Kier alpha value is -2.56. The number of benzene rings is 2. The fourth-order valence-electron chi connectivity index (χ4n) is 3.54. The number of carbonyl (C=O) groups is 1. The zero-order valence-corrected chi connectivity index (χ0v) is 21.4. The molecule has 1 amide bonds. The Morgan fingerprint density at radius 3 is 2.30 bits per heavy atom. The first-order chi connectivity index (χ1) is 15.6. The van der Waals surface area contributed by atoms with Crippen LogP contribution in [-0.2, 0) is 14.8 Å². The number of methoxy groups -OCH3 is 1. The smallest absolute Gasteiger partial charge is 0.243 e. The molecule has 1 unspecified atom stereocenters. The van der Waals surface area contributed by atoms with Crippen LogP contribution in [0, 0.1) is 0 Å². The van der Waals surface area contributed by atoms with Gasteiger partial charge in [-0.25, -0.2) is 13.4 Å². The predicted octanol–water partition coefficient (Wildman–Crippen LogP) is 3.63. The zero-order chi connectivity index (χ0) is 24.3. The number of ether oxygens (including phenoxy) is 1. The van der Waals surface area contributed by atoms with E-state index in [9.17, 15) is 13.2 Å². The van der Waals surface area contributed by atoms with E-state index in [1.807, 2.05) is 49.6 Å². The number of rotatable bonds is 9. The van der Waals surface area contributed by atoms with E-state index in [2.05, 4.69) is 0 Å². The van der Waals surface area contributed by atoms with Gasteiger partial charge in [-0.1, -0.05) is 25.6 Å². The molecule has 0 bridgehead atoms. The maximum Gasteiger partial charge on any atom is 0.243 e. The summed E-state index contributed by atoms with van der Waals surface area (Å²) in [6.07, 6.45) is 0. The second-order valence-electron chi connectivity index (χ2n) is 7.66. The van der Waals surface area contributed by atoms with Crippen LogP contribution in [-0.4, -0.2) is 72.6 Å². The number of imidazole rings is 1. The van der Waals surface area contributed by atoms with Gasteiger partial charge in [0.2, 0.25) is 15.9 Å². The predicted molar refractivity (Wildman–Crippen MR) is 132 cm³/mol. The quantitative estimate of drug-likeness (QED) is 0.426. The molecule has 3 rings (SSSR count). The van der Waals surface area contributed by atoms with Gasteiger partial charge in [-0.2, -0.15) is 4.31 Å². The highest BCUT2D eigenvalue weighted by Crippen LogP contribution is 2.33. The highest BCUT2D eigenvalue weighted by atomic mass is 32.2. The van der Waals surface area contributed by atoms with Crippen LogP contribution in [0.3, 0.4) is 0 Å². The van der Waals surface area contributed by atoms with Gasteiger partial charge >= 0.3 is 0 Å². The van der Waals surface area contributed by atoms with Crippen LogP contribution in [0.1, 0.15) is 20.8 Å². The highest BCUT2D eigenvalue weighted by molar-refractivity contribution is 8.00. The van der Waals surface area contributed by atoms with Gasteiger partial charge < -0.3 is 9.64 Å². The summed E-state index contributed by atoms with van der Waals surface area (Å²) in [6, 6.07) is 12.5. The molecule has 1 aromatic heterocycles. The maximum atomic E-state index is 13.0. The van der Waals surface area contributed by atoms with E-state index in [-0.39, 0.29) is 16.1 Å². The fourth-order valence-corrected chi connectivity index (χ4v) is 6.11. The Bertz CT molecular complexity index is 1230. The summed E-state index contributed by atoms with van der Waals surface area (Å²) in [6.45, 7) is 6.25. The van der Waals surface area contributed by atoms with Gasteiger partial charge in [-0.15, -0.1) is 0 Å². The molecule has 3 aromatic rings. The van der Waals surface area contributed by atoms with E-state index >= 15 is 0 Å². The minimum absolute atomic E-state index is 0.0295. The summed E-state index contributed by atoms with van der Waals surface area (Å²) in [4.78, 5) is 19.0. The first kappa shape index (κ1) is 25.1. The number of aromatic nitrogens is 2. The van der Waals surface area contributed by atoms with Crippen molar-refractivity contribution in [2.24, 2.45) is 0 Å². The van der Waals surface area contributed by atoms with Crippen LogP contribution in [0.15, 0.2) is 52.5 Å². The van der Waals surface area contributed by atoms with Gasteiger partial charge in [0.05, 0.1) is 28.3 Å². The van der Waals surface area contributed by atoms with Crippen molar-refractivity contribution < 1.29 is 17.9 Å². The Morgan fingerprint density at radius 2 is 1.76 bits per heavy atom. The van der Waals surface area contributed by atoms with Crippen molar-refractivity contribution in [3.63, 3.8) is 0 Å². The third-order valence-electron chi connectivity index (χ3n) is 5.34. The first-order valence-electron chi connectivity index (χ1n) is 10.7. The Balaban J connectivity index is 2.16. The minimum Gasteiger partial charge on any atom is -0.497 e. The van der Waals surface area contributed by atoms with Crippen LogP contribution in [0.25, 0.3) is 16.7 Å². The summed E-state index contributed by atoms with van der Waals surface area (Å²) >= 11 is 1.34. The van der Waals surface area contributed by atoms with E-state index in [0.29, 0.717) is 23.8 Å². The number of carbonyl (C=O) groups excluding carboxylic acids is 1. The lowest BCUT2D eigenvalue weighted by molar-refractivity contribution is -0.127. The van der Waals surface area contributed by atoms with Crippen molar-refractivity contribution in [3.8, 4) is 11.4 Å². The molecule has 0 radical (unpaired) electrons. The molecule has 10 heteroatoms. The molecule has 0 fully saturated rings. The number of amides is 1. The first-order valence-corrected chi connectivity index (χ1v) is 13.0. The van der Waals surface area contributed by atoms with Crippen molar-refractivity contribution in [3.05, 3.63) is 42.5 Å². The van der Waals surface area contributed by atoms with E-state index in [0.717, 1.165) is 17.0 Å². The van der Waals surface area contributed by atoms with Crippen molar-refractivity contribution >= 4 is 38.7 Å². The van der Waals surface area contributed by atoms with Gasteiger partial charge in [0.15, 0.2) is 5.16 Å². The molecule has 1 heterocycles. The van der Waals surface area contributed by atoms with Gasteiger partial charge in [-0.05, 0) is 49.4 Å². The maximum absolute atomic E-state index is 13.0. The highest BCUT2D eigenvalue weighted by Gasteiger charge is 2.25. The molecular formula is C23H30N4O4S2. The number of sulfonamides is 1. The number of nitrogens with zero attached hydrogens (tertiary/aromatic N) is 4. The largest absolute Gasteiger partial charge is 0.497 e. The number of fused-ring (bicyclic) bond motifs is 1.